The Kier molecular flexibility index (Phi) is 9.23. The summed E-state index contributed by atoms with van der Waals surface area (Å²) in [5, 5.41) is 12.8. The second kappa shape index (κ2) is 16.1. The lowest BCUT2D eigenvalue weighted by atomic mass is 10.1. The van der Waals surface area contributed by atoms with E-state index in [9.17, 15) is 0 Å². The van der Waals surface area contributed by atoms with Crippen LogP contribution in [-0.2, 0) is 0 Å². The molecule has 0 saturated carbocycles. The van der Waals surface area contributed by atoms with Crippen LogP contribution in [0.5, 0.6) is 0 Å². The number of benzene rings is 11. The maximum Gasteiger partial charge on any atom is 0.181 e. The summed E-state index contributed by atoms with van der Waals surface area (Å²) in [5.74, 6) is 0. The third-order valence-corrected chi connectivity index (χ3v) is 19.6. The van der Waals surface area contributed by atoms with E-state index in [0.29, 0.717) is 0 Å². The minimum Gasteiger partial charge on any atom is -0.309 e. The average molecular weight is 908 g/mol. The molecule has 3 nitrogen and oxygen atoms in total. The van der Waals surface area contributed by atoms with Gasteiger partial charge in [-0.3, -0.25) is 0 Å². The van der Waals surface area contributed by atoms with Crippen LogP contribution in [0, 0.1) is 0 Å². The van der Waals surface area contributed by atoms with E-state index in [2.05, 4.69) is 287 Å². The fourth-order valence-corrected chi connectivity index (χ4v) is 16.8. The highest BCUT2D eigenvalue weighted by molar-refractivity contribution is 7.20. The van der Waals surface area contributed by atoms with Gasteiger partial charge in [0, 0.05) is 43.7 Å². The van der Waals surface area contributed by atoms with Crippen molar-refractivity contribution in [1.29, 1.82) is 0 Å². The molecule has 0 saturated heterocycles. The number of aromatic nitrogens is 3. The van der Waals surface area contributed by atoms with E-state index in [0.717, 1.165) is 28.1 Å². The van der Waals surface area contributed by atoms with E-state index in [4.69, 9.17) is 0 Å². The Hall–Kier alpha value is -8.96. The number of fused-ring (bicyclic) bond motifs is 9. The molecule has 0 N–H and O–H groups in total. The van der Waals surface area contributed by atoms with Crippen molar-refractivity contribution in [3.05, 3.63) is 273 Å². The Labute approximate surface area is 407 Å². The van der Waals surface area contributed by atoms with E-state index in [1.807, 2.05) is 0 Å². The molecule has 0 fully saturated rings. The molecule has 0 unspecified atom stereocenters. The number of hydrogen-bond acceptors (Lipinski definition) is 0. The summed E-state index contributed by atoms with van der Waals surface area (Å²) in [4.78, 5) is 0. The normalized spacial score (nSPS) is 12.0. The molecule has 4 heteroatoms. The van der Waals surface area contributed by atoms with Gasteiger partial charge in [-0.2, -0.15) is 0 Å². The van der Waals surface area contributed by atoms with Crippen molar-refractivity contribution in [2.75, 3.05) is 0 Å². The largest absolute Gasteiger partial charge is 0.309 e. The Bertz CT molecular complexity index is 4110. The summed E-state index contributed by atoms with van der Waals surface area (Å²) in [6.07, 6.45) is 0. The number of nitrogens with zero attached hydrogens (tertiary/aromatic N) is 3. The zero-order valence-corrected chi connectivity index (χ0v) is 39.3. The second-order valence-electron chi connectivity index (χ2n) is 18.4. The first kappa shape index (κ1) is 40.1. The first-order valence-corrected chi connectivity index (χ1v) is 26.2. The Morgan fingerprint density at radius 2 is 0.657 bits per heavy atom. The zero-order valence-electron chi connectivity index (χ0n) is 38.3. The standard InChI is InChI=1S/C66H45N3Si/c1-5-21-46(22-6-1)47-39-41-48(42-40-47)68-63-45-49(67-59-34-16-13-29-53(59)54-30-14-17-35-60(54)67)43-44-56(63)57-32-19-37-62(65(57)68)69-61-36-18-15-31-55(61)58-33-20-38-64(66(58)69)70(50-23-7-2-8-24-50,51-25-9-3-10-26-51)52-27-11-4-12-28-52/h1-45H. The fraction of sp³-hybridized carbons (Fsp3) is 0. The molecular formula is C66H45N3Si. The molecule has 14 aromatic rings. The number of rotatable bonds is 8. The van der Waals surface area contributed by atoms with Gasteiger partial charge in [-0.1, -0.05) is 224 Å². The van der Waals surface area contributed by atoms with Crippen LogP contribution in [0.1, 0.15) is 0 Å². The lowest BCUT2D eigenvalue weighted by Gasteiger charge is -2.35. The SMILES string of the molecule is c1ccc(-c2ccc(-n3c4cc(-n5c6ccccc6c6ccccc65)ccc4c4cccc(-n5c6ccccc6c6cccc([Si](c7ccccc7)(c7ccccc7)c7ccccc7)c65)c43)cc2)cc1. The monoisotopic (exact) mass is 907 g/mol. The fourth-order valence-electron chi connectivity index (χ4n) is 11.9. The summed E-state index contributed by atoms with van der Waals surface area (Å²) >= 11 is 0. The van der Waals surface area contributed by atoms with Gasteiger partial charge in [0.2, 0.25) is 0 Å². The van der Waals surface area contributed by atoms with Crippen molar-refractivity contribution in [3.63, 3.8) is 0 Å². The Morgan fingerprint density at radius 1 is 0.243 bits per heavy atom. The first-order chi connectivity index (χ1) is 34.8. The summed E-state index contributed by atoms with van der Waals surface area (Å²) in [6.45, 7) is 0. The summed E-state index contributed by atoms with van der Waals surface area (Å²) in [5.41, 5.74) is 12.9. The molecule has 0 spiro atoms. The predicted molar refractivity (Wildman–Crippen MR) is 299 cm³/mol. The minimum absolute atomic E-state index is 1.11. The molecule has 0 amide bonds. The average Bonchev–Trinajstić information content (AvgIpc) is 4.08. The highest BCUT2D eigenvalue weighted by Gasteiger charge is 2.43. The molecule has 14 rings (SSSR count). The minimum atomic E-state index is -3.02. The maximum atomic E-state index is 2.61. The lowest BCUT2D eigenvalue weighted by Crippen LogP contribution is -2.75. The number of para-hydroxylation sites is 5. The van der Waals surface area contributed by atoms with Crippen molar-refractivity contribution < 1.29 is 0 Å². The third kappa shape index (κ3) is 5.94. The molecule has 0 aliphatic heterocycles. The molecule has 3 aromatic heterocycles. The van der Waals surface area contributed by atoms with E-state index in [1.54, 1.807) is 0 Å². The topological polar surface area (TPSA) is 14.8 Å². The molecule has 3 heterocycles. The van der Waals surface area contributed by atoms with Crippen molar-refractivity contribution in [1.82, 2.24) is 13.7 Å². The Morgan fingerprint density at radius 3 is 1.23 bits per heavy atom. The van der Waals surface area contributed by atoms with Gasteiger partial charge in [-0.15, -0.1) is 0 Å². The molecule has 70 heavy (non-hydrogen) atoms. The molecule has 0 atom stereocenters. The van der Waals surface area contributed by atoms with Crippen molar-refractivity contribution in [2.24, 2.45) is 0 Å². The van der Waals surface area contributed by atoms with Crippen LogP contribution in [-0.4, -0.2) is 21.8 Å². The van der Waals surface area contributed by atoms with Gasteiger partial charge in [0.25, 0.3) is 0 Å². The van der Waals surface area contributed by atoms with Crippen LogP contribution in [0.3, 0.4) is 0 Å². The zero-order chi connectivity index (χ0) is 46.2. The molecule has 11 aromatic carbocycles. The van der Waals surface area contributed by atoms with E-state index >= 15 is 0 Å². The third-order valence-electron chi connectivity index (χ3n) is 14.8. The molecule has 328 valence electrons. The summed E-state index contributed by atoms with van der Waals surface area (Å²) in [6, 6.07) is 101. The maximum absolute atomic E-state index is 3.02. The quantitative estimate of drug-likeness (QED) is 0.107. The molecule has 0 aliphatic rings. The van der Waals surface area contributed by atoms with Crippen molar-refractivity contribution in [2.45, 2.75) is 0 Å². The van der Waals surface area contributed by atoms with Gasteiger partial charge in [0.1, 0.15) is 0 Å². The van der Waals surface area contributed by atoms with Crippen LogP contribution in [0.4, 0.5) is 0 Å². The van der Waals surface area contributed by atoms with E-state index < -0.39 is 8.07 Å². The summed E-state index contributed by atoms with van der Waals surface area (Å²) < 4.78 is 7.58. The van der Waals surface area contributed by atoms with Crippen LogP contribution >= 0.6 is 0 Å². The smallest absolute Gasteiger partial charge is 0.181 e. The molecule has 0 bridgehead atoms. The first-order valence-electron chi connectivity index (χ1n) is 24.2. The number of hydrogen-bond donors (Lipinski definition) is 0. The van der Waals surface area contributed by atoms with Crippen molar-refractivity contribution >= 4 is 94.2 Å². The van der Waals surface area contributed by atoms with Gasteiger partial charge in [0.05, 0.1) is 38.8 Å². The van der Waals surface area contributed by atoms with Gasteiger partial charge in [0.15, 0.2) is 8.07 Å². The van der Waals surface area contributed by atoms with Crippen LogP contribution in [0.15, 0.2) is 273 Å². The van der Waals surface area contributed by atoms with E-state index in [1.165, 1.54) is 86.3 Å². The predicted octanol–water partition coefficient (Wildman–Crippen LogP) is 14.0. The second-order valence-corrected chi connectivity index (χ2v) is 22.2. The molecular weight excluding hydrogens is 863 g/mol. The lowest BCUT2D eigenvalue weighted by molar-refractivity contribution is 1.13. The highest BCUT2D eigenvalue weighted by atomic mass is 28.3. The van der Waals surface area contributed by atoms with Gasteiger partial charge < -0.3 is 13.7 Å². The van der Waals surface area contributed by atoms with Crippen LogP contribution in [0.25, 0.3) is 93.6 Å². The summed E-state index contributed by atoms with van der Waals surface area (Å²) in [7, 11) is -3.02. The molecule has 0 radical (unpaired) electrons. The van der Waals surface area contributed by atoms with Crippen LogP contribution < -0.4 is 20.7 Å². The molecule has 0 aliphatic carbocycles. The van der Waals surface area contributed by atoms with Crippen LogP contribution in [0.2, 0.25) is 0 Å². The highest BCUT2D eigenvalue weighted by Crippen LogP contribution is 2.42. The Balaban J connectivity index is 1.13. The van der Waals surface area contributed by atoms with E-state index in [-0.39, 0.29) is 0 Å². The van der Waals surface area contributed by atoms with Gasteiger partial charge in [-0.25, -0.2) is 0 Å². The van der Waals surface area contributed by atoms with Crippen molar-refractivity contribution in [3.8, 4) is 28.2 Å². The van der Waals surface area contributed by atoms with Gasteiger partial charge >= 0.3 is 0 Å². The van der Waals surface area contributed by atoms with Gasteiger partial charge in [-0.05, 0) is 80.4 Å².